The lowest BCUT2D eigenvalue weighted by molar-refractivity contribution is 0.0952. The number of rotatable bonds is 1. The van der Waals surface area contributed by atoms with Crippen molar-refractivity contribution < 1.29 is 4.79 Å². The number of aromatic amines is 1. The van der Waals surface area contributed by atoms with Gasteiger partial charge in [0.15, 0.2) is 0 Å². The van der Waals surface area contributed by atoms with E-state index in [9.17, 15) is 9.59 Å². The molecular weight excluding hydrogens is 194 g/mol. The van der Waals surface area contributed by atoms with E-state index < -0.39 is 5.91 Å². The van der Waals surface area contributed by atoms with E-state index in [2.05, 4.69) is 4.98 Å². The molecule has 0 radical (unpaired) electrons. The molecule has 0 spiro atoms. The zero-order valence-corrected chi connectivity index (χ0v) is 8.30. The summed E-state index contributed by atoms with van der Waals surface area (Å²) in [6, 6.07) is 1.65. The Morgan fingerprint density at radius 2 is 2.13 bits per heavy atom. The van der Waals surface area contributed by atoms with Crippen molar-refractivity contribution >= 4 is 5.91 Å². The SMILES string of the molecule is NNC(=O)c1cc2c([nH]c1=O)CCCC2. The fourth-order valence-corrected chi connectivity index (χ4v) is 1.92. The Kier molecular flexibility index (Phi) is 2.55. The van der Waals surface area contributed by atoms with Crippen molar-refractivity contribution in [1.29, 1.82) is 0 Å². The van der Waals surface area contributed by atoms with Gasteiger partial charge >= 0.3 is 0 Å². The summed E-state index contributed by atoms with van der Waals surface area (Å²) in [6.45, 7) is 0. The van der Waals surface area contributed by atoms with Crippen molar-refractivity contribution in [1.82, 2.24) is 10.4 Å². The maximum absolute atomic E-state index is 11.5. The van der Waals surface area contributed by atoms with E-state index in [-0.39, 0.29) is 11.1 Å². The van der Waals surface area contributed by atoms with Crippen LogP contribution in [-0.4, -0.2) is 10.9 Å². The highest BCUT2D eigenvalue weighted by molar-refractivity contribution is 5.93. The maximum Gasteiger partial charge on any atom is 0.270 e. The summed E-state index contributed by atoms with van der Waals surface area (Å²) in [4.78, 5) is 25.5. The van der Waals surface area contributed by atoms with Crippen LogP contribution in [0.2, 0.25) is 0 Å². The first-order valence-electron chi connectivity index (χ1n) is 4.98. The zero-order valence-electron chi connectivity index (χ0n) is 8.30. The summed E-state index contributed by atoms with van der Waals surface area (Å²) in [7, 11) is 0. The highest BCUT2D eigenvalue weighted by Crippen LogP contribution is 2.18. The first-order valence-corrected chi connectivity index (χ1v) is 4.98. The molecule has 5 heteroatoms. The monoisotopic (exact) mass is 207 g/mol. The number of pyridine rings is 1. The van der Waals surface area contributed by atoms with E-state index in [4.69, 9.17) is 5.84 Å². The van der Waals surface area contributed by atoms with Crippen molar-refractivity contribution in [2.24, 2.45) is 5.84 Å². The van der Waals surface area contributed by atoms with Gasteiger partial charge in [-0.2, -0.15) is 0 Å². The fraction of sp³-hybridized carbons (Fsp3) is 0.400. The summed E-state index contributed by atoms with van der Waals surface area (Å²) in [6.07, 6.45) is 3.99. The number of aromatic nitrogens is 1. The summed E-state index contributed by atoms with van der Waals surface area (Å²) in [5.41, 5.74) is 3.72. The second-order valence-corrected chi connectivity index (χ2v) is 3.70. The Balaban J connectivity index is 2.49. The minimum absolute atomic E-state index is 0.0955. The predicted molar refractivity (Wildman–Crippen MR) is 55.4 cm³/mol. The summed E-state index contributed by atoms with van der Waals surface area (Å²) in [5, 5.41) is 0. The van der Waals surface area contributed by atoms with Crippen LogP contribution in [-0.2, 0) is 12.8 Å². The van der Waals surface area contributed by atoms with Gasteiger partial charge in [-0.1, -0.05) is 0 Å². The molecule has 0 unspecified atom stereocenters. The molecule has 15 heavy (non-hydrogen) atoms. The van der Waals surface area contributed by atoms with Crippen LogP contribution in [0.1, 0.15) is 34.5 Å². The van der Waals surface area contributed by atoms with Crippen molar-refractivity contribution in [3.05, 3.63) is 33.2 Å². The standard InChI is InChI=1S/C10H13N3O2/c11-13-10(15)7-5-6-3-1-2-4-8(6)12-9(7)14/h5H,1-4,11H2,(H,12,14)(H,13,15). The molecule has 0 atom stereocenters. The Bertz CT molecular complexity index is 450. The molecule has 2 rings (SSSR count). The Hall–Kier alpha value is -1.62. The third-order valence-corrected chi connectivity index (χ3v) is 2.71. The lowest BCUT2D eigenvalue weighted by Crippen LogP contribution is -2.35. The average molecular weight is 207 g/mol. The van der Waals surface area contributed by atoms with Gasteiger partial charge in [0, 0.05) is 5.69 Å². The molecule has 1 aromatic rings. The van der Waals surface area contributed by atoms with Crippen LogP contribution in [0, 0.1) is 0 Å². The third kappa shape index (κ3) is 1.78. The number of fused-ring (bicyclic) bond motifs is 1. The molecule has 0 aliphatic heterocycles. The van der Waals surface area contributed by atoms with Gasteiger partial charge in [0.1, 0.15) is 5.56 Å². The molecule has 0 saturated heterocycles. The highest BCUT2D eigenvalue weighted by Gasteiger charge is 2.15. The molecule has 0 saturated carbocycles. The number of hydrogen-bond acceptors (Lipinski definition) is 3. The van der Waals surface area contributed by atoms with Crippen LogP contribution >= 0.6 is 0 Å². The van der Waals surface area contributed by atoms with Crippen LogP contribution in [0.4, 0.5) is 0 Å². The molecule has 1 heterocycles. The first-order chi connectivity index (χ1) is 7.22. The van der Waals surface area contributed by atoms with Gasteiger partial charge in [0.25, 0.3) is 11.5 Å². The van der Waals surface area contributed by atoms with Gasteiger partial charge in [0.2, 0.25) is 0 Å². The van der Waals surface area contributed by atoms with Crippen molar-refractivity contribution in [3.8, 4) is 0 Å². The number of carbonyl (C=O) groups excluding carboxylic acids is 1. The highest BCUT2D eigenvalue weighted by atomic mass is 16.2. The molecule has 1 aromatic heterocycles. The predicted octanol–water partition coefficient (Wildman–Crippen LogP) is -0.143. The number of nitrogens with one attached hydrogen (secondary N) is 2. The van der Waals surface area contributed by atoms with E-state index in [0.717, 1.165) is 36.9 Å². The van der Waals surface area contributed by atoms with E-state index in [1.165, 1.54) is 0 Å². The lowest BCUT2D eigenvalue weighted by Gasteiger charge is -2.15. The molecule has 80 valence electrons. The largest absolute Gasteiger partial charge is 0.325 e. The fourth-order valence-electron chi connectivity index (χ4n) is 1.92. The smallest absolute Gasteiger partial charge is 0.270 e. The van der Waals surface area contributed by atoms with Crippen LogP contribution in [0.3, 0.4) is 0 Å². The Labute approximate surface area is 86.7 Å². The van der Waals surface area contributed by atoms with Crippen molar-refractivity contribution in [3.63, 3.8) is 0 Å². The van der Waals surface area contributed by atoms with Gasteiger partial charge in [0.05, 0.1) is 0 Å². The maximum atomic E-state index is 11.5. The molecular formula is C10H13N3O2. The van der Waals surface area contributed by atoms with E-state index in [1.807, 2.05) is 5.43 Å². The number of nitrogens with two attached hydrogens (primary N) is 1. The van der Waals surface area contributed by atoms with E-state index in [1.54, 1.807) is 6.07 Å². The van der Waals surface area contributed by atoms with Crippen LogP contribution in [0.15, 0.2) is 10.9 Å². The van der Waals surface area contributed by atoms with Crippen molar-refractivity contribution in [2.45, 2.75) is 25.7 Å². The number of carbonyl (C=O) groups is 1. The summed E-state index contributed by atoms with van der Waals surface area (Å²) < 4.78 is 0. The minimum atomic E-state index is -0.537. The first kappa shape index (κ1) is 9.92. The van der Waals surface area contributed by atoms with Gasteiger partial charge in [-0.3, -0.25) is 15.0 Å². The number of H-pyrrole nitrogens is 1. The lowest BCUT2D eigenvalue weighted by atomic mass is 9.95. The Morgan fingerprint density at radius 1 is 1.40 bits per heavy atom. The van der Waals surface area contributed by atoms with Gasteiger partial charge in [-0.05, 0) is 37.3 Å². The van der Waals surface area contributed by atoms with Crippen LogP contribution in [0.25, 0.3) is 0 Å². The molecule has 5 nitrogen and oxygen atoms in total. The second kappa shape index (κ2) is 3.86. The van der Waals surface area contributed by atoms with E-state index >= 15 is 0 Å². The number of hydrazine groups is 1. The normalized spacial score (nSPS) is 14.5. The zero-order chi connectivity index (χ0) is 10.8. The topological polar surface area (TPSA) is 88.0 Å². The van der Waals surface area contributed by atoms with Crippen LogP contribution < -0.4 is 16.8 Å². The van der Waals surface area contributed by atoms with Gasteiger partial charge in [-0.25, -0.2) is 5.84 Å². The number of nitrogen functional groups attached to an aromatic ring is 1. The molecule has 1 aliphatic carbocycles. The molecule has 1 aliphatic rings. The molecule has 4 N–H and O–H groups in total. The molecule has 0 bridgehead atoms. The molecule has 1 amide bonds. The molecule has 0 aromatic carbocycles. The molecule has 0 fully saturated rings. The summed E-state index contributed by atoms with van der Waals surface area (Å²) >= 11 is 0. The third-order valence-electron chi connectivity index (χ3n) is 2.71. The van der Waals surface area contributed by atoms with Gasteiger partial charge < -0.3 is 4.98 Å². The number of aryl methyl sites for hydroxylation is 2. The number of amides is 1. The summed E-state index contributed by atoms with van der Waals surface area (Å²) in [5.74, 6) is 4.46. The Morgan fingerprint density at radius 3 is 2.87 bits per heavy atom. The second-order valence-electron chi connectivity index (χ2n) is 3.70. The van der Waals surface area contributed by atoms with Crippen LogP contribution in [0.5, 0.6) is 0 Å². The van der Waals surface area contributed by atoms with Crippen molar-refractivity contribution in [2.75, 3.05) is 0 Å². The van der Waals surface area contributed by atoms with Gasteiger partial charge in [-0.15, -0.1) is 0 Å². The van der Waals surface area contributed by atoms with E-state index in [0.29, 0.717) is 0 Å². The quantitative estimate of drug-likeness (QED) is 0.340. The number of hydrogen-bond donors (Lipinski definition) is 3. The average Bonchev–Trinajstić information content (AvgIpc) is 2.27. The minimum Gasteiger partial charge on any atom is -0.325 e.